The number of halogens is 3. The van der Waals surface area contributed by atoms with Gasteiger partial charge in [0.15, 0.2) is 17.5 Å². The quantitative estimate of drug-likeness (QED) is 0.212. The molecule has 1 aromatic carbocycles. The molecule has 0 heterocycles. The van der Waals surface area contributed by atoms with E-state index in [1.807, 2.05) is 0 Å². The molecule has 3 rings (SSSR count). The van der Waals surface area contributed by atoms with Gasteiger partial charge in [0.1, 0.15) is 0 Å². The maximum Gasteiger partial charge on any atom is 0.194 e. The van der Waals surface area contributed by atoms with Crippen LogP contribution in [0.2, 0.25) is 0 Å². The Morgan fingerprint density at radius 2 is 1.23 bits per heavy atom. The molecule has 0 unspecified atom stereocenters. The molecule has 0 amide bonds. The Morgan fingerprint density at radius 1 is 0.733 bits per heavy atom. The van der Waals surface area contributed by atoms with Gasteiger partial charge in [0.2, 0.25) is 0 Å². The first kappa shape index (κ1) is 23.4. The molecule has 0 bridgehead atoms. The molecule has 0 saturated heterocycles. The van der Waals surface area contributed by atoms with Gasteiger partial charge >= 0.3 is 0 Å². The van der Waals surface area contributed by atoms with Crippen LogP contribution in [-0.2, 0) is 0 Å². The van der Waals surface area contributed by atoms with Crippen molar-refractivity contribution < 1.29 is 13.2 Å². The van der Waals surface area contributed by atoms with Crippen LogP contribution in [0.1, 0.15) is 108 Å². The van der Waals surface area contributed by atoms with E-state index in [9.17, 15) is 13.2 Å². The fourth-order valence-corrected chi connectivity index (χ4v) is 5.68. The molecule has 0 aromatic heterocycles. The molecule has 2 aliphatic rings. The van der Waals surface area contributed by atoms with Gasteiger partial charge in [0, 0.05) is 0 Å². The number of hydrogen-bond acceptors (Lipinski definition) is 0. The van der Waals surface area contributed by atoms with Crippen LogP contribution >= 0.6 is 0 Å². The summed E-state index contributed by atoms with van der Waals surface area (Å²) in [4.78, 5) is 0. The predicted octanol–water partition coefficient (Wildman–Crippen LogP) is 9.10. The van der Waals surface area contributed by atoms with Crippen LogP contribution in [0.25, 0.3) is 0 Å². The first-order chi connectivity index (χ1) is 14.6. The van der Waals surface area contributed by atoms with E-state index in [2.05, 4.69) is 19.1 Å². The highest BCUT2D eigenvalue weighted by Gasteiger charge is 2.26. The monoisotopic (exact) mass is 420 g/mol. The molecule has 0 atom stereocenters. The van der Waals surface area contributed by atoms with Crippen LogP contribution < -0.4 is 0 Å². The van der Waals surface area contributed by atoms with Gasteiger partial charge in [-0.25, -0.2) is 13.2 Å². The van der Waals surface area contributed by atoms with Crippen molar-refractivity contribution in [1.29, 1.82) is 0 Å². The summed E-state index contributed by atoms with van der Waals surface area (Å²) in [5.74, 6) is -0.689. The summed E-state index contributed by atoms with van der Waals surface area (Å²) in [6.07, 6.45) is 22.2. The molecule has 1 aromatic rings. The minimum Gasteiger partial charge on any atom is -0.204 e. The van der Waals surface area contributed by atoms with Crippen LogP contribution in [0.15, 0.2) is 24.3 Å². The average Bonchev–Trinajstić information content (AvgIpc) is 2.77. The van der Waals surface area contributed by atoms with Crippen LogP contribution in [0.3, 0.4) is 0 Å². The van der Waals surface area contributed by atoms with E-state index in [4.69, 9.17) is 0 Å². The van der Waals surface area contributed by atoms with Gasteiger partial charge in [-0.1, -0.05) is 64.0 Å². The molecule has 2 fully saturated rings. The van der Waals surface area contributed by atoms with E-state index in [0.29, 0.717) is 5.56 Å². The van der Waals surface area contributed by atoms with E-state index in [0.717, 1.165) is 49.9 Å². The predicted molar refractivity (Wildman–Crippen MR) is 119 cm³/mol. The fraction of sp³-hybridized carbons (Fsp3) is 0.704. The molecule has 168 valence electrons. The highest BCUT2D eigenvalue weighted by molar-refractivity contribution is 5.23. The minimum absolute atomic E-state index is 0.174. The molecule has 0 N–H and O–H groups in total. The van der Waals surface area contributed by atoms with Crippen molar-refractivity contribution >= 4 is 0 Å². The van der Waals surface area contributed by atoms with E-state index in [1.165, 1.54) is 69.9 Å². The van der Waals surface area contributed by atoms with Gasteiger partial charge in [0.05, 0.1) is 0 Å². The third kappa shape index (κ3) is 6.89. The van der Waals surface area contributed by atoms with Gasteiger partial charge in [-0.2, -0.15) is 0 Å². The summed E-state index contributed by atoms with van der Waals surface area (Å²) < 4.78 is 40.2. The van der Waals surface area contributed by atoms with Gasteiger partial charge in [-0.05, 0) is 86.3 Å². The van der Waals surface area contributed by atoms with Crippen molar-refractivity contribution in [2.45, 2.75) is 103 Å². The van der Waals surface area contributed by atoms with Gasteiger partial charge in [-0.3, -0.25) is 0 Å². The summed E-state index contributed by atoms with van der Waals surface area (Å²) in [6.45, 7) is 2.19. The molecule has 2 saturated carbocycles. The van der Waals surface area contributed by atoms with E-state index >= 15 is 0 Å². The number of unbranched alkanes of at least 4 members (excludes halogenated alkanes) is 1. The third-order valence-electron chi connectivity index (χ3n) is 7.66. The maximum atomic E-state index is 13.5. The summed E-state index contributed by atoms with van der Waals surface area (Å²) in [5.41, 5.74) is 0.633. The van der Waals surface area contributed by atoms with Gasteiger partial charge < -0.3 is 0 Å². The Morgan fingerprint density at radius 3 is 1.77 bits per heavy atom. The second-order valence-electron chi connectivity index (χ2n) is 9.79. The van der Waals surface area contributed by atoms with Crippen LogP contribution in [0, 0.1) is 35.2 Å². The van der Waals surface area contributed by atoms with Crippen LogP contribution in [0.4, 0.5) is 13.2 Å². The molecule has 30 heavy (non-hydrogen) atoms. The summed E-state index contributed by atoms with van der Waals surface area (Å²) in [7, 11) is 0. The fourth-order valence-electron chi connectivity index (χ4n) is 5.68. The lowest BCUT2D eigenvalue weighted by molar-refractivity contribution is 0.223. The summed E-state index contributed by atoms with van der Waals surface area (Å²) in [6, 6.07) is 2.39. The van der Waals surface area contributed by atoms with E-state index in [1.54, 1.807) is 0 Å². The zero-order chi connectivity index (χ0) is 21.3. The van der Waals surface area contributed by atoms with Crippen LogP contribution in [-0.4, -0.2) is 0 Å². The number of benzene rings is 1. The standard InChI is InChI=1S/C27H39F3/c1-2-3-4-5-6-7-20-8-10-21(11-9-20)12-13-22-14-16-23(17-15-22)24-18-25(28)27(30)26(29)19-24/h3-4,18-23H,2,5-17H2,1H3/b4-3+/t20-,21-,22-,23-. The lowest BCUT2D eigenvalue weighted by atomic mass is 9.74. The molecule has 0 aliphatic heterocycles. The Bertz CT molecular complexity index is 642. The number of hydrogen-bond donors (Lipinski definition) is 0. The number of allylic oxidation sites excluding steroid dienone is 2. The highest BCUT2D eigenvalue weighted by Crippen LogP contribution is 2.40. The minimum atomic E-state index is -1.35. The smallest absolute Gasteiger partial charge is 0.194 e. The first-order valence-corrected chi connectivity index (χ1v) is 12.4. The topological polar surface area (TPSA) is 0 Å². The van der Waals surface area contributed by atoms with Gasteiger partial charge in [0.25, 0.3) is 0 Å². The zero-order valence-corrected chi connectivity index (χ0v) is 18.7. The molecular formula is C27H39F3. The third-order valence-corrected chi connectivity index (χ3v) is 7.66. The second kappa shape index (κ2) is 12.0. The van der Waals surface area contributed by atoms with E-state index < -0.39 is 17.5 Å². The lowest BCUT2D eigenvalue weighted by Crippen LogP contribution is -2.18. The Hall–Kier alpha value is -1.25. The number of rotatable bonds is 9. The van der Waals surface area contributed by atoms with Crippen molar-refractivity contribution in [2.24, 2.45) is 17.8 Å². The molecule has 0 radical (unpaired) electrons. The second-order valence-corrected chi connectivity index (χ2v) is 9.79. The zero-order valence-electron chi connectivity index (χ0n) is 18.7. The van der Waals surface area contributed by atoms with Crippen LogP contribution in [0.5, 0.6) is 0 Å². The molecular weight excluding hydrogens is 381 g/mol. The molecule has 0 spiro atoms. The maximum absolute atomic E-state index is 13.5. The molecule has 2 aliphatic carbocycles. The Kier molecular flexibility index (Phi) is 9.33. The summed E-state index contributed by atoms with van der Waals surface area (Å²) >= 11 is 0. The largest absolute Gasteiger partial charge is 0.204 e. The molecule has 0 nitrogen and oxygen atoms in total. The summed E-state index contributed by atoms with van der Waals surface area (Å²) in [5, 5.41) is 0. The van der Waals surface area contributed by atoms with Crippen molar-refractivity contribution in [1.82, 2.24) is 0 Å². The van der Waals surface area contributed by atoms with Crippen molar-refractivity contribution in [2.75, 3.05) is 0 Å². The Labute approximate surface area is 181 Å². The normalized spacial score (nSPS) is 27.6. The first-order valence-electron chi connectivity index (χ1n) is 12.4. The average molecular weight is 421 g/mol. The Balaban J connectivity index is 1.31. The lowest BCUT2D eigenvalue weighted by Gasteiger charge is -2.32. The highest BCUT2D eigenvalue weighted by atomic mass is 19.2. The molecule has 3 heteroatoms. The SMILES string of the molecule is CC/C=C/CCC[C@H]1CC[C@H](CC[C@H]2CC[C@H](c3cc(F)c(F)c(F)c3)CC2)CC1. The van der Waals surface area contributed by atoms with Crippen molar-refractivity contribution in [3.8, 4) is 0 Å². The van der Waals surface area contributed by atoms with Crippen molar-refractivity contribution in [3.63, 3.8) is 0 Å². The van der Waals surface area contributed by atoms with E-state index in [-0.39, 0.29) is 5.92 Å². The van der Waals surface area contributed by atoms with Crippen molar-refractivity contribution in [3.05, 3.63) is 47.3 Å². The van der Waals surface area contributed by atoms with Gasteiger partial charge in [-0.15, -0.1) is 0 Å².